The average molecular weight is 251 g/mol. The monoisotopic (exact) mass is 251 g/mol. The number of aromatic nitrogens is 2. The van der Waals surface area contributed by atoms with E-state index in [0.717, 1.165) is 12.8 Å². The summed E-state index contributed by atoms with van der Waals surface area (Å²) in [6.07, 6.45) is 9.13. The highest BCUT2D eigenvalue weighted by Gasteiger charge is 2.15. The highest BCUT2D eigenvalue weighted by molar-refractivity contribution is 5.33. The summed E-state index contributed by atoms with van der Waals surface area (Å²) in [7, 11) is 0. The molecule has 1 heterocycles. The summed E-state index contributed by atoms with van der Waals surface area (Å²) < 4.78 is 5.83. The van der Waals surface area contributed by atoms with Gasteiger partial charge < -0.3 is 15.2 Å². The zero-order valence-corrected chi connectivity index (χ0v) is 10.8. The van der Waals surface area contributed by atoms with Crippen LogP contribution in [0.15, 0.2) is 12.4 Å². The van der Waals surface area contributed by atoms with Crippen molar-refractivity contribution in [3.63, 3.8) is 0 Å². The molecule has 1 fully saturated rings. The van der Waals surface area contributed by atoms with E-state index in [1.54, 1.807) is 19.3 Å². The topological polar surface area (TPSA) is 67.3 Å². The lowest BCUT2D eigenvalue weighted by Crippen LogP contribution is -2.21. The van der Waals surface area contributed by atoms with E-state index in [4.69, 9.17) is 4.74 Å². The van der Waals surface area contributed by atoms with Crippen molar-refractivity contribution < 1.29 is 9.84 Å². The summed E-state index contributed by atoms with van der Waals surface area (Å²) in [6.45, 7) is 2.18. The van der Waals surface area contributed by atoms with Gasteiger partial charge in [-0.25, -0.2) is 0 Å². The fourth-order valence-electron chi connectivity index (χ4n) is 2.10. The molecule has 0 radical (unpaired) electrons. The molecule has 1 aliphatic carbocycles. The molecule has 0 saturated heterocycles. The van der Waals surface area contributed by atoms with E-state index in [1.807, 2.05) is 0 Å². The smallest absolute Gasteiger partial charge is 0.234 e. The predicted octanol–water partition coefficient (Wildman–Crippen LogP) is 1.98. The molecule has 100 valence electrons. The van der Waals surface area contributed by atoms with E-state index < -0.39 is 6.10 Å². The molecule has 0 aliphatic heterocycles. The van der Waals surface area contributed by atoms with Crippen molar-refractivity contribution in [3.05, 3.63) is 12.4 Å². The lowest BCUT2D eigenvalue weighted by atomic mass is 9.98. The molecular formula is C13H21N3O2. The van der Waals surface area contributed by atoms with Gasteiger partial charge in [0.1, 0.15) is 11.9 Å². The summed E-state index contributed by atoms with van der Waals surface area (Å²) >= 11 is 0. The quantitative estimate of drug-likeness (QED) is 0.837. The maximum atomic E-state index is 9.20. The average Bonchev–Trinajstić information content (AvgIpc) is 2.38. The van der Waals surface area contributed by atoms with E-state index in [0.29, 0.717) is 18.2 Å². The van der Waals surface area contributed by atoms with Crippen LogP contribution < -0.4 is 10.1 Å². The van der Waals surface area contributed by atoms with Gasteiger partial charge in [0.15, 0.2) is 0 Å². The van der Waals surface area contributed by atoms with Crippen LogP contribution in [-0.2, 0) is 0 Å². The van der Waals surface area contributed by atoms with Gasteiger partial charge in [0.2, 0.25) is 5.88 Å². The molecule has 1 atom stereocenters. The Morgan fingerprint density at radius 2 is 2.17 bits per heavy atom. The first-order chi connectivity index (χ1) is 8.74. The predicted molar refractivity (Wildman–Crippen MR) is 69.7 cm³/mol. The Morgan fingerprint density at radius 1 is 1.39 bits per heavy atom. The fourth-order valence-corrected chi connectivity index (χ4v) is 2.10. The lowest BCUT2D eigenvalue weighted by molar-refractivity contribution is 0.148. The van der Waals surface area contributed by atoms with Gasteiger partial charge in [0.25, 0.3) is 0 Å². The Labute approximate surface area is 108 Å². The Kier molecular flexibility index (Phi) is 4.75. The van der Waals surface area contributed by atoms with Gasteiger partial charge in [-0.2, -0.15) is 4.98 Å². The van der Waals surface area contributed by atoms with Crippen LogP contribution in [0.25, 0.3) is 0 Å². The van der Waals surface area contributed by atoms with Crippen LogP contribution in [-0.4, -0.2) is 33.8 Å². The first-order valence-electron chi connectivity index (χ1n) is 6.64. The molecule has 1 aromatic rings. The van der Waals surface area contributed by atoms with Crippen LogP contribution in [0.4, 0.5) is 5.82 Å². The number of nitrogens with one attached hydrogen (secondary N) is 1. The van der Waals surface area contributed by atoms with Crippen molar-refractivity contribution in [1.29, 1.82) is 0 Å². The van der Waals surface area contributed by atoms with Gasteiger partial charge in [-0.3, -0.25) is 4.98 Å². The molecule has 18 heavy (non-hydrogen) atoms. The zero-order valence-electron chi connectivity index (χ0n) is 10.8. The molecule has 0 amide bonds. The van der Waals surface area contributed by atoms with Crippen LogP contribution in [0.2, 0.25) is 0 Å². The summed E-state index contributed by atoms with van der Waals surface area (Å²) in [4.78, 5) is 8.43. The van der Waals surface area contributed by atoms with Crippen molar-refractivity contribution in [2.24, 2.45) is 0 Å². The molecule has 0 spiro atoms. The van der Waals surface area contributed by atoms with Gasteiger partial charge in [-0.05, 0) is 32.6 Å². The van der Waals surface area contributed by atoms with Gasteiger partial charge in [-0.15, -0.1) is 0 Å². The third-order valence-electron chi connectivity index (χ3n) is 3.03. The molecule has 5 heteroatoms. The van der Waals surface area contributed by atoms with Gasteiger partial charge in [0, 0.05) is 6.54 Å². The Morgan fingerprint density at radius 3 is 2.89 bits per heavy atom. The van der Waals surface area contributed by atoms with Crippen LogP contribution >= 0.6 is 0 Å². The standard InChI is InChI=1S/C13H21N3O2/c1-10(17)7-15-12-8-14-9-13(16-12)18-11-5-3-2-4-6-11/h8-11,17H,2-7H2,1H3,(H,15,16)/t10-/m0/s1. The third-order valence-corrected chi connectivity index (χ3v) is 3.03. The summed E-state index contributed by atoms with van der Waals surface area (Å²) in [5.41, 5.74) is 0. The van der Waals surface area contributed by atoms with Crippen molar-refractivity contribution in [2.75, 3.05) is 11.9 Å². The van der Waals surface area contributed by atoms with E-state index in [9.17, 15) is 5.11 Å². The van der Waals surface area contributed by atoms with Gasteiger partial charge in [0.05, 0.1) is 18.5 Å². The van der Waals surface area contributed by atoms with Gasteiger partial charge >= 0.3 is 0 Å². The number of hydrogen-bond donors (Lipinski definition) is 2. The van der Waals surface area contributed by atoms with Crippen molar-refractivity contribution in [2.45, 2.75) is 51.2 Å². The second-order valence-corrected chi connectivity index (χ2v) is 4.85. The molecular weight excluding hydrogens is 230 g/mol. The van der Waals surface area contributed by atoms with E-state index in [-0.39, 0.29) is 6.10 Å². The van der Waals surface area contributed by atoms with Gasteiger partial charge in [-0.1, -0.05) is 6.42 Å². The highest BCUT2D eigenvalue weighted by atomic mass is 16.5. The lowest BCUT2D eigenvalue weighted by Gasteiger charge is -2.22. The van der Waals surface area contributed by atoms with Crippen LogP contribution in [0.3, 0.4) is 0 Å². The molecule has 1 aromatic heterocycles. The molecule has 1 aliphatic rings. The molecule has 1 saturated carbocycles. The van der Waals surface area contributed by atoms with E-state index >= 15 is 0 Å². The van der Waals surface area contributed by atoms with E-state index in [1.165, 1.54) is 19.3 Å². The third kappa shape index (κ3) is 4.14. The number of aliphatic hydroxyl groups is 1. The number of aliphatic hydroxyl groups excluding tert-OH is 1. The molecule has 2 N–H and O–H groups in total. The number of anilines is 1. The maximum absolute atomic E-state index is 9.20. The number of nitrogens with zero attached hydrogens (tertiary/aromatic N) is 2. The minimum Gasteiger partial charge on any atom is -0.473 e. The first kappa shape index (κ1) is 13.1. The molecule has 5 nitrogen and oxygen atoms in total. The second-order valence-electron chi connectivity index (χ2n) is 4.85. The van der Waals surface area contributed by atoms with E-state index in [2.05, 4.69) is 15.3 Å². The summed E-state index contributed by atoms with van der Waals surface area (Å²) in [6, 6.07) is 0. The maximum Gasteiger partial charge on any atom is 0.234 e. The molecule has 0 bridgehead atoms. The molecule has 0 unspecified atom stereocenters. The first-order valence-corrected chi connectivity index (χ1v) is 6.64. The Bertz CT molecular complexity index is 365. The molecule has 0 aromatic carbocycles. The van der Waals surface area contributed by atoms with Crippen molar-refractivity contribution >= 4 is 5.82 Å². The minimum atomic E-state index is -0.408. The van der Waals surface area contributed by atoms with Crippen LogP contribution in [0, 0.1) is 0 Å². The number of rotatable bonds is 5. The SMILES string of the molecule is C[C@H](O)CNc1cncc(OC2CCCCC2)n1. The highest BCUT2D eigenvalue weighted by Crippen LogP contribution is 2.22. The minimum absolute atomic E-state index is 0.278. The van der Waals surface area contributed by atoms with Crippen LogP contribution in [0.5, 0.6) is 5.88 Å². The summed E-state index contributed by atoms with van der Waals surface area (Å²) in [5, 5.41) is 12.2. The zero-order chi connectivity index (χ0) is 12.8. The van der Waals surface area contributed by atoms with Crippen LogP contribution in [0.1, 0.15) is 39.0 Å². The second kappa shape index (κ2) is 6.54. The van der Waals surface area contributed by atoms with Crippen molar-refractivity contribution in [1.82, 2.24) is 9.97 Å². The number of ether oxygens (including phenoxy) is 1. The number of hydrogen-bond acceptors (Lipinski definition) is 5. The largest absolute Gasteiger partial charge is 0.473 e. The summed E-state index contributed by atoms with van der Waals surface area (Å²) in [5.74, 6) is 1.21. The normalized spacial score (nSPS) is 18.3. The van der Waals surface area contributed by atoms with Crippen molar-refractivity contribution in [3.8, 4) is 5.88 Å². The Balaban J connectivity index is 1.89. The fraction of sp³-hybridized carbons (Fsp3) is 0.692. The Hall–Kier alpha value is -1.36. The molecule has 2 rings (SSSR count).